The number of H-pyrrole nitrogens is 1. The standard InChI is InChI=1S/C24H25N5O2/c1-29(2)12-4-7-23(30)27-18-6-3-5-16(13-18)21-14-17(8-10-25-21)22-15-19-20(28-22)9-11-26-24(19)31/h3-8,10,13-15,28H,9,11-12H2,1-2H3,(H,26,31)(H,27,30)/b7-4+. The van der Waals surface area contributed by atoms with Crippen LogP contribution in [0.5, 0.6) is 0 Å². The first-order valence-electron chi connectivity index (χ1n) is 10.2. The summed E-state index contributed by atoms with van der Waals surface area (Å²) in [6, 6.07) is 13.4. The minimum atomic E-state index is -0.170. The Morgan fingerprint density at radius 1 is 1.19 bits per heavy atom. The van der Waals surface area contributed by atoms with Gasteiger partial charge >= 0.3 is 0 Å². The molecule has 4 rings (SSSR count). The van der Waals surface area contributed by atoms with E-state index in [4.69, 9.17) is 0 Å². The number of aromatic amines is 1. The summed E-state index contributed by atoms with van der Waals surface area (Å²) in [7, 11) is 3.90. The number of anilines is 1. The Morgan fingerprint density at radius 3 is 2.87 bits per heavy atom. The Balaban J connectivity index is 1.54. The lowest BCUT2D eigenvalue weighted by atomic mass is 10.1. The van der Waals surface area contributed by atoms with Gasteiger partial charge in [-0.15, -0.1) is 0 Å². The lowest BCUT2D eigenvalue weighted by Gasteiger charge is -2.11. The molecule has 0 bridgehead atoms. The largest absolute Gasteiger partial charge is 0.358 e. The summed E-state index contributed by atoms with van der Waals surface area (Å²) in [6.07, 6.45) is 5.90. The van der Waals surface area contributed by atoms with Crippen LogP contribution in [0.1, 0.15) is 16.1 Å². The molecule has 1 aliphatic rings. The van der Waals surface area contributed by atoms with Gasteiger partial charge in [0.15, 0.2) is 0 Å². The molecule has 0 spiro atoms. The number of hydrogen-bond donors (Lipinski definition) is 3. The molecule has 2 amide bonds. The average Bonchev–Trinajstić information content (AvgIpc) is 3.20. The summed E-state index contributed by atoms with van der Waals surface area (Å²) in [4.78, 5) is 34.0. The normalized spacial score (nSPS) is 13.3. The summed E-state index contributed by atoms with van der Waals surface area (Å²) < 4.78 is 0. The highest BCUT2D eigenvalue weighted by atomic mass is 16.2. The van der Waals surface area contributed by atoms with Gasteiger partial charge in [0.25, 0.3) is 5.91 Å². The third-order valence-electron chi connectivity index (χ3n) is 5.04. The molecule has 0 atom stereocenters. The van der Waals surface area contributed by atoms with Gasteiger partial charge in [-0.25, -0.2) is 0 Å². The Labute approximate surface area is 181 Å². The summed E-state index contributed by atoms with van der Waals surface area (Å²) in [5.41, 5.74) is 5.89. The second-order valence-electron chi connectivity index (χ2n) is 7.75. The van der Waals surface area contributed by atoms with E-state index < -0.39 is 0 Å². The van der Waals surface area contributed by atoms with E-state index in [2.05, 4.69) is 20.6 Å². The molecule has 31 heavy (non-hydrogen) atoms. The van der Waals surface area contributed by atoms with E-state index in [1.165, 1.54) is 6.08 Å². The number of carbonyl (C=O) groups is 2. The second kappa shape index (κ2) is 8.97. The van der Waals surface area contributed by atoms with Crippen LogP contribution in [0.2, 0.25) is 0 Å². The molecule has 7 nitrogen and oxygen atoms in total. The number of nitrogens with one attached hydrogen (secondary N) is 3. The van der Waals surface area contributed by atoms with Crippen LogP contribution in [0.3, 0.4) is 0 Å². The first kappa shape index (κ1) is 20.6. The number of rotatable bonds is 6. The smallest absolute Gasteiger partial charge is 0.253 e. The summed E-state index contributed by atoms with van der Waals surface area (Å²) in [5.74, 6) is -0.211. The zero-order valence-corrected chi connectivity index (χ0v) is 17.6. The first-order valence-corrected chi connectivity index (χ1v) is 10.2. The van der Waals surface area contributed by atoms with Crippen molar-refractivity contribution in [2.24, 2.45) is 0 Å². The zero-order valence-electron chi connectivity index (χ0n) is 17.6. The number of nitrogens with zero attached hydrogens (tertiary/aromatic N) is 2. The maximum Gasteiger partial charge on any atom is 0.253 e. The molecule has 1 aliphatic heterocycles. The monoisotopic (exact) mass is 415 g/mol. The first-order chi connectivity index (χ1) is 15.0. The Bertz CT molecular complexity index is 1150. The Hall–Kier alpha value is -3.71. The number of amides is 2. The fourth-order valence-corrected chi connectivity index (χ4v) is 3.52. The molecule has 0 aliphatic carbocycles. The van der Waals surface area contributed by atoms with Crippen LogP contribution < -0.4 is 10.6 Å². The summed E-state index contributed by atoms with van der Waals surface area (Å²) in [5, 5.41) is 5.75. The number of pyridine rings is 1. The molecule has 0 saturated heterocycles. The zero-order chi connectivity index (χ0) is 21.8. The van der Waals surface area contributed by atoms with E-state index in [0.29, 0.717) is 24.3 Å². The Morgan fingerprint density at radius 2 is 2.06 bits per heavy atom. The molecule has 0 fully saturated rings. The minimum Gasteiger partial charge on any atom is -0.358 e. The van der Waals surface area contributed by atoms with Gasteiger partial charge in [0, 0.05) is 60.0 Å². The lowest BCUT2D eigenvalue weighted by Crippen LogP contribution is -2.31. The van der Waals surface area contributed by atoms with Gasteiger partial charge in [-0.2, -0.15) is 0 Å². The van der Waals surface area contributed by atoms with Crippen molar-refractivity contribution in [3.63, 3.8) is 0 Å². The highest BCUT2D eigenvalue weighted by Gasteiger charge is 2.20. The molecule has 1 aromatic carbocycles. The van der Waals surface area contributed by atoms with Crippen molar-refractivity contribution < 1.29 is 9.59 Å². The molecule has 0 radical (unpaired) electrons. The highest BCUT2D eigenvalue weighted by Crippen LogP contribution is 2.28. The van der Waals surface area contributed by atoms with Gasteiger partial charge in [-0.05, 0) is 44.4 Å². The van der Waals surface area contributed by atoms with Crippen LogP contribution in [-0.2, 0) is 11.2 Å². The molecule has 0 saturated carbocycles. The average molecular weight is 415 g/mol. The van der Waals surface area contributed by atoms with Gasteiger partial charge in [0.2, 0.25) is 5.91 Å². The van der Waals surface area contributed by atoms with Crippen molar-refractivity contribution in [1.82, 2.24) is 20.2 Å². The van der Waals surface area contributed by atoms with Crippen LogP contribution in [0.25, 0.3) is 22.5 Å². The predicted molar refractivity (Wildman–Crippen MR) is 122 cm³/mol. The molecule has 158 valence electrons. The molecular formula is C24H25N5O2. The number of aromatic nitrogens is 2. The predicted octanol–water partition coefficient (Wildman–Crippen LogP) is 3.09. The van der Waals surface area contributed by atoms with Crippen LogP contribution in [0.4, 0.5) is 5.69 Å². The number of likely N-dealkylation sites (N-methyl/N-ethyl adjacent to an activating group) is 1. The fourth-order valence-electron chi connectivity index (χ4n) is 3.52. The van der Waals surface area contributed by atoms with Gasteiger partial charge in [0.05, 0.1) is 11.3 Å². The van der Waals surface area contributed by atoms with Gasteiger partial charge in [-0.1, -0.05) is 18.2 Å². The number of fused-ring (bicyclic) bond motifs is 1. The van der Waals surface area contributed by atoms with Crippen LogP contribution >= 0.6 is 0 Å². The molecule has 7 heteroatoms. The van der Waals surface area contributed by atoms with Gasteiger partial charge in [0.1, 0.15) is 0 Å². The number of benzene rings is 1. The van der Waals surface area contributed by atoms with E-state index in [-0.39, 0.29) is 11.8 Å². The topological polar surface area (TPSA) is 90.1 Å². The molecular weight excluding hydrogens is 390 g/mol. The maximum atomic E-state index is 12.1. The van der Waals surface area contributed by atoms with E-state index >= 15 is 0 Å². The van der Waals surface area contributed by atoms with Crippen LogP contribution in [-0.4, -0.2) is 53.9 Å². The van der Waals surface area contributed by atoms with Crippen molar-refractivity contribution in [3.05, 3.63) is 72.1 Å². The van der Waals surface area contributed by atoms with E-state index in [1.807, 2.05) is 67.5 Å². The number of hydrogen-bond acceptors (Lipinski definition) is 4. The molecule has 3 heterocycles. The van der Waals surface area contributed by atoms with Crippen LogP contribution in [0, 0.1) is 0 Å². The Kier molecular flexibility index (Phi) is 5.95. The fraction of sp³-hybridized carbons (Fsp3) is 0.208. The van der Waals surface area contributed by atoms with E-state index in [9.17, 15) is 9.59 Å². The summed E-state index contributed by atoms with van der Waals surface area (Å²) >= 11 is 0. The van der Waals surface area contributed by atoms with E-state index in [1.54, 1.807) is 6.20 Å². The van der Waals surface area contributed by atoms with E-state index in [0.717, 1.165) is 34.6 Å². The summed E-state index contributed by atoms with van der Waals surface area (Å²) in [6.45, 7) is 1.35. The van der Waals surface area contributed by atoms with Crippen molar-refractivity contribution >= 4 is 17.5 Å². The molecule has 3 aromatic rings. The number of carbonyl (C=O) groups excluding carboxylic acids is 2. The maximum absolute atomic E-state index is 12.1. The highest BCUT2D eigenvalue weighted by molar-refractivity contribution is 5.99. The third kappa shape index (κ3) is 4.90. The van der Waals surface area contributed by atoms with Crippen molar-refractivity contribution in [1.29, 1.82) is 0 Å². The van der Waals surface area contributed by atoms with Crippen molar-refractivity contribution in [3.8, 4) is 22.5 Å². The SMILES string of the molecule is CN(C)C/C=C/C(=O)Nc1cccc(-c2cc(-c3cc4c([nH]3)CCNC4=O)ccn2)c1. The molecule has 0 unspecified atom stereocenters. The third-order valence-corrected chi connectivity index (χ3v) is 5.04. The quantitative estimate of drug-likeness (QED) is 0.540. The lowest BCUT2D eigenvalue weighted by molar-refractivity contribution is -0.111. The second-order valence-corrected chi connectivity index (χ2v) is 7.75. The van der Waals surface area contributed by atoms with Gasteiger partial charge in [-0.3, -0.25) is 14.6 Å². The minimum absolute atomic E-state index is 0.0406. The van der Waals surface area contributed by atoms with Crippen molar-refractivity contribution in [2.45, 2.75) is 6.42 Å². The molecule has 2 aromatic heterocycles. The van der Waals surface area contributed by atoms with Crippen LogP contribution in [0.15, 0.2) is 60.8 Å². The van der Waals surface area contributed by atoms with Crippen molar-refractivity contribution in [2.75, 3.05) is 32.5 Å². The molecule has 3 N–H and O–H groups in total. The van der Waals surface area contributed by atoms with Gasteiger partial charge < -0.3 is 20.5 Å².